The molecule has 0 amide bonds. The van der Waals surface area contributed by atoms with Crippen LogP contribution in [0.15, 0.2) is 24.3 Å². The van der Waals surface area contributed by atoms with Gasteiger partial charge in [0.2, 0.25) is 10.0 Å². The number of benzene rings is 1. The van der Waals surface area contributed by atoms with E-state index in [9.17, 15) is 8.42 Å². The normalized spacial score (nSPS) is 19.8. The molecule has 0 aliphatic carbocycles. The zero-order valence-corrected chi connectivity index (χ0v) is 15.4. The molecule has 1 aromatic carbocycles. The molecule has 0 unspecified atom stereocenters. The van der Waals surface area contributed by atoms with Crippen LogP contribution in [-0.2, 0) is 15.8 Å². The molecule has 4 nitrogen and oxygen atoms in total. The van der Waals surface area contributed by atoms with Gasteiger partial charge >= 0.3 is 0 Å². The minimum absolute atomic E-state index is 0.00542. The van der Waals surface area contributed by atoms with Gasteiger partial charge in [0.1, 0.15) is 0 Å². The fraction of sp³-hybridized carbons (Fsp3) is 0.647. The van der Waals surface area contributed by atoms with Crippen LogP contribution in [0.3, 0.4) is 0 Å². The van der Waals surface area contributed by atoms with Gasteiger partial charge in [-0.2, -0.15) is 0 Å². The van der Waals surface area contributed by atoms with Gasteiger partial charge < -0.3 is 4.90 Å². The van der Waals surface area contributed by atoms with Crippen LogP contribution in [0.25, 0.3) is 0 Å². The van der Waals surface area contributed by atoms with Crippen molar-refractivity contribution in [2.75, 3.05) is 19.6 Å². The lowest BCUT2D eigenvalue weighted by Gasteiger charge is -2.35. The highest BCUT2D eigenvalue weighted by Crippen LogP contribution is 2.19. The molecular formula is C17H27ClN2O2S. The van der Waals surface area contributed by atoms with E-state index in [1.165, 1.54) is 25.7 Å². The summed E-state index contributed by atoms with van der Waals surface area (Å²) < 4.78 is 26.9. The fourth-order valence-corrected chi connectivity index (χ4v) is 4.49. The molecule has 130 valence electrons. The standard InChI is InChI=1S/C17H27ClN2O2S/c1-2-17-6-3-4-12-20(17)13-5-11-19-23(21,22)14-15-7-9-16(18)10-8-15/h7-10,17,19H,2-6,11-14H2,1H3/t17-/m0/s1. The number of rotatable bonds is 8. The van der Waals surface area contributed by atoms with Crippen molar-refractivity contribution in [1.29, 1.82) is 0 Å². The summed E-state index contributed by atoms with van der Waals surface area (Å²) in [6.07, 6.45) is 5.90. The van der Waals surface area contributed by atoms with E-state index in [1.54, 1.807) is 24.3 Å². The highest BCUT2D eigenvalue weighted by molar-refractivity contribution is 7.88. The molecular weight excluding hydrogens is 332 g/mol. The first-order chi connectivity index (χ1) is 11.0. The highest BCUT2D eigenvalue weighted by Gasteiger charge is 2.20. The molecule has 23 heavy (non-hydrogen) atoms. The number of sulfonamides is 1. The molecule has 1 saturated heterocycles. The number of nitrogens with zero attached hydrogens (tertiary/aromatic N) is 1. The Morgan fingerprint density at radius 3 is 2.70 bits per heavy atom. The summed E-state index contributed by atoms with van der Waals surface area (Å²) >= 11 is 5.81. The summed E-state index contributed by atoms with van der Waals surface area (Å²) in [5.74, 6) is 0.00542. The molecule has 1 aliphatic rings. The van der Waals surface area contributed by atoms with Crippen molar-refractivity contribution in [2.24, 2.45) is 0 Å². The van der Waals surface area contributed by atoms with Crippen molar-refractivity contribution in [3.05, 3.63) is 34.9 Å². The number of hydrogen-bond acceptors (Lipinski definition) is 3. The first-order valence-corrected chi connectivity index (χ1v) is 10.5. The van der Waals surface area contributed by atoms with E-state index < -0.39 is 10.0 Å². The third-order valence-electron chi connectivity index (χ3n) is 4.43. The summed E-state index contributed by atoms with van der Waals surface area (Å²) in [6.45, 7) is 4.86. The zero-order valence-electron chi connectivity index (χ0n) is 13.8. The molecule has 1 atom stereocenters. The van der Waals surface area contributed by atoms with Gasteiger partial charge in [-0.1, -0.05) is 37.1 Å². The Morgan fingerprint density at radius 2 is 2.00 bits per heavy atom. The SMILES string of the molecule is CC[C@H]1CCCCN1CCCNS(=O)(=O)Cc1ccc(Cl)cc1. The quantitative estimate of drug-likeness (QED) is 0.724. The Labute approximate surface area is 145 Å². The molecule has 1 fully saturated rings. The lowest BCUT2D eigenvalue weighted by atomic mass is 10.00. The highest BCUT2D eigenvalue weighted by atomic mass is 35.5. The van der Waals surface area contributed by atoms with Crippen LogP contribution in [0.2, 0.25) is 5.02 Å². The smallest absolute Gasteiger partial charge is 0.215 e. The second-order valence-electron chi connectivity index (χ2n) is 6.23. The van der Waals surface area contributed by atoms with Gasteiger partial charge in [0.05, 0.1) is 5.75 Å². The van der Waals surface area contributed by atoms with Gasteiger partial charge in [0, 0.05) is 17.6 Å². The van der Waals surface area contributed by atoms with Gasteiger partial charge in [-0.25, -0.2) is 13.1 Å². The van der Waals surface area contributed by atoms with E-state index in [2.05, 4.69) is 16.5 Å². The van der Waals surface area contributed by atoms with Gasteiger partial charge in [0.15, 0.2) is 0 Å². The summed E-state index contributed by atoms with van der Waals surface area (Å²) in [5, 5.41) is 0.617. The number of piperidine rings is 1. The zero-order chi connectivity index (χ0) is 16.7. The largest absolute Gasteiger partial charge is 0.300 e. The van der Waals surface area contributed by atoms with Crippen molar-refractivity contribution < 1.29 is 8.42 Å². The van der Waals surface area contributed by atoms with E-state index >= 15 is 0 Å². The monoisotopic (exact) mass is 358 g/mol. The van der Waals surface area contributed by atoms with E-state index in [4.69, 9.17) is 11.6 Å². The summed E-state index contributed by atoms with van der Waals surface area (Å²) in [6, 6.07) is 7.61. The Morgan fingerprint density at radius 1 is 1.26 bits per heavy atom. The average molecular weight is 359 g/mol. The Kier molecular flexibility index (Phi) is 7.34. The van der Waals surface area contributed by atoms with Gasteiger partial charge in [-0.15, -0.1) is 0 Å². The minimum atomic E-state index is -3.28. The molecule has 1 N–H and O–H groups in total. The molecule has 0 aromatic heterocycles. The fourth-order valence-electron chi connectivity index (χ4n) is 3.18. The van der Waals surface area contributed by atoms with Crippen LogP contribution in [0, 0.1) is 0 Å². The molecule has 1 aliphatic heterocycles. The number of likely N-dealkylation sites (tertiary alicyclic amines) is 1. The second kappa shape index (κ2) is 9.02. The van der Waals surface area contributed by atoms with Crippen molar-refractivity contribution in [2.45, 2.75) is 50.8 Å². The van der Waals surface area contributed by atoms with Crippen molar-refractivity contribution in [1.82, 2.24) is 9.62 Å². The van der Waals surface area contributed by atoms with Crippen LogP contribution in [0.1, 0.15) is 44.6 Å². The van der Waals surface area contributed by atoms with Crippen LogP contribution < -0.4 is 4.72 Å². The van der Waals surface area contributed by atoms with Crippen molar-refractivity contribution >= 4 is 21.6 Å². The lowest BCUT2D eigenvalue weighted by molar-refractivity contribution is 0.143. The maximum Gasteiger partial charge on any atom is 0.215 e. The molecule has 0 saturated carbocycles. The van der Waals surface area contributed by atoms with Crippen molar-refractivity contribution in [3.63, 3.8) is 0 Å². The predicted octanol–water partition coefficient (Wildman–Crippen LogP) is 3.41. The Hall–Kier alpha value is -0.620. The summed E-state index contributed by atoms with van der Waals surface area (Å²) in [5.41, 5.74) is 0.754. The van der Waals surface area contributed by atoms with Crippen LogP contribution >= 0.6 is 11.6 Å². The Balaban J connectivity index is 1.73. The lowest BCUT2D eigenvalue weighted by Crippen LogP contribution is -2.40. The molecule has 1 heterocycles. The molecule has 0 spiro atoms. The molecule has 1 aromatic rings. The maximum absolute atomic E-state index is 12.1. The van der Waals surface area contributed by atoms with Crippen LogP contribution in [0.5, 0.6) is 0 Å². The second-order valence-corrected chi connectivity index (χ2v) is 8.47. The number of hydrogen-bond donors (Lipinski definition) is 1. The summed E-state index contributed by atoms with van der Waals surface area (Å²) in [4.78, 5) is 2.51. The minimum Gasteiger partial charge on any atom is -0.300 e. The average Bonchev–Trinajstić information content (AvgIpc) is 2.54. The van der Waals surface area contributed by atoms with E-state index in [-0.39, 0.29) is 5.75 Å². The first-order valence-electron chi connectivity index (χ1n) is 8.46. The Bertz CT molecular complexity index is 575. The third kappa shape index (κ3) is 6.42. The third-order valence-corrected chi connectivity index (χ3v) is 6.04. The maximum atomic E-state index is 12.1. The van der Waals surface area contributed by atoms with E-state index in [1.807, 2.05) is 0 Å². The van der Waals surface area contributed by atoms with Crippen LogP contribution in [0.4, 0.5) is 0 Å². The predicted molar refractivity (Wildman–Crippen MR) is 96.2 cm³/mol. The number of halogens is 1. The van der Waals surface area contributed by atoms with E-state index in [0.717, 1.165) is 25.1 Å². The first kappa shape index (κ1) is 18.7. The van der Waals surface area contributed by atoms with Gasteiger partial charge in [-0.3, -0.25) is 0 Å². The molecule has 6 heteroatoms. The molecule has 2 rings (SSSR count). The van der Waals surface area contributed by atoms with Crippen molar-refractivity contribution in [3.8, 4) is 0 Å². The molecule has 0 bridgehead atoms. The van der Waals surface area contributed by atoms with Gasteiger partial charge in [0.25, 0.3) is 0 Å². The van der Waals surface area contributed by atoms with Crippen LogP contribution in [-0.4, -0.2) is 39.0 Å². The van der Waals surface area contributed by atoms with E-state index in [0.29, 0.717) is 17.6 Å². The topological polar surface area (TPSA) is 49.4 Å². The number of nitrogens with one attached hydrogen (secondary N) is 1. The summed E-state index contributed by atoms with van der Waals surface area (Å²) in [7, 11) is -3.28. The molecule has 0 radical (unpaired) electrons. The van der Waals surface area contributed by atoms with Gasteiger partial charge in [-0.05, 0) is 56.5 Å².